The molecule has 1 heterocycles. The van der Waals surface area contributed by atoms with Crippen LogP contribution >= 0.6 is 0 Å². The van der Waals surface area contributed by atoms with Gasteiger partial charge in [0.05, 0.1) is 18.0 Å². The van der Waals surface area contributed by atoms with Gasteiger partial charge in [0.2, 0.25) is 15.9 Å². The molecule has 0 aliphatic carbocycles. The molecular weight excluding hydrogens is 578 g/mol. The van der Waals surface area contributed by atoms with Gasteiger partial charge in [0.1, 0.15) is 0 Å². The molecule has 1 fully saturated rings. The second-order valence-corrected chi connectivity index (χ2v) is 12.4. The Labute approximate surface area is 251 Å². The van der Waals surface area contributed by atoms with Crippen LogP contribution in [0.2, 0.25) is 0 Å². The van der Waals surface area contributed by atoms with E-state index in [0.717, 1.165) is 27.6 Å². The SMILES string of the molecule is COCCN(CC(=O)N(Cc1ccc(C)cc1)C1CCN(C(=O)Nc2ccc(F)c(F)c2)CC1)S(=O)(=O)c1ccccc1. The van der Waals surface area contributed by atoms with E-state index >= 15 is 0 Å². The van der Waals surface area contributed by atoms with Crippen molar-refractivity contribution < 1.29 is 31.5 Å². The molecule has 0 bridgehead atoms. The summed E-state index contributed by atoms with van der Waals surface area (Å²) in [6, 6.07) is 18.2. The van der Waals surface area contributed by atoms with Gasteiger partial charge < -0.3 is 19.9 Å². The highest BCUT2D eigenvalue weighted by molar-refractivity contribution is 7.89. The highest BCUT2D eigenvalue weighted by Gasteiger charge is 2.33. The lowest BCUT2D eigenvalue weighted by atomic mass is 10.0. The zero-order valence-corrected chi connectivity index (χ0v) is 25.0. The Kier molecular flexibility index (Phi) is 10.8. The molecule has 3 aromatic rings. The van der Waals surface area contributed by atoms with Crippen molar-refractivity contribution >= 4 is 27.6 Å². The smallest absolute Gasteiger partial charge is 0.321 e. The molecule has 43 heavy (non-hydrogen) atoms. The number of carbonyl (C=O) groups is 2. The largest absolute Gasteiger partial charge is 0.383 e. The summed E-state index contributed by atoms with van der Waals surface area (Å²) in [6.07, 6.45) is 0.901. The third-order valence-electron chi connectivity index (χ3n) is 7.39. The van der Waals surface area contributed by atoms with Crippen LogP contribution in [0.25, 0.3) is 0 Å². The molecule has 0 spiro atoms. The summed E-state index contributed by atoms with van der Waals surface area (Å²) in [5.41, 5.74) is 2.10. The maximum Gasteiger partial charge on any atom is 0.321 e. The standard InChI is InChI=1S/C31H36F2N4O5S/c1-23-8-10-24(11-9-23)21-37(30(38)22-36(18-19-42-2)43(40,41)27-6-4-3-5-7-27)26-14-16-35(17-15-26)31(39)34-25-12-13-28(32)29(33)20-25/h3-13,20,26H,14-19,21-22H2,1-2H3,(H,34,39). The van der Waals surface area contributed by atoms with Crippen molar-refractivity contribution in [1.82, 2.24) is 14.1 Å². The topological polar surface area (TPSA) is 99.3 Å². The summed E-state index contributed by atoms with van der Waals surface area (Å²) in [5.74, 6) is -2.43. The van der Waals surface area contributed by atoms with Crippen LogP contribution in [-0.2, 0) is 26.1 Å². The van der Waals surface area contributed by atoms with Crippen LogP contribution in [0.1, 0.15) is 24.0 Å². The molecule has 12 heteroatoms. The normalized spacial score (nSPS) is 14.1. The summed E-state index contributed by atoms with van der Waals surface area (Å²) in [7, 11) is -2.50. The third kappa shape index (κ3) is 8.37. The molecular formula is C31H36F2N4O5S. The van der Waals surface area contributed by atoms with E-state index in [1.54, 1.807) is 28.0 Å². The average molecular weight is 615 g/mol. The number of halogens is 2. The summed E-state index contributed by atoms with van der Waals surface area (Å²) >= 11 is 0. The van der Waals surface area contributed by atoms with E-state index in [9.17, 15) is 26.8 Å². The number of hydrogen-bond acceptors (Lipinski definition) is 5. The van der Waals surface area contributed by atoms with E-state index in [4.69, 9.17) is 4.74 Å². The molecule has 0 radical (unpaired) electrons. The van der Waals surface area contributed by atoms with E-state index in [-0.39, 0.29) is 48.8 Å². The van der Waals surface area contributed by atoms with Gasteiger partial charge in [0.25, 0.3) is 0 Å². The number of ether oxygens (including phenoxy) is 1. The highest BCUT2D eigenvalue weighted by atomic mass is 32.2. The van der Waals surface area contributed by atoms with Gasteiger partial charge in [-0.2, -0.15) is 4.31 Å². The summed E-state index contributed by atoms with van der Waals surface area (Å²) in [6.45, 7) is 2.61. The van der Waals surface area contributed by atoms with E-state index in [2.05, 4.69) is 5.32 Å². The first-order chi connectivity index (χ1) is 20.6. The zero-order chi connectivity index (χ0) is 31.0. The molecule has 0 atom stereocenters. The molecule has 9 nitrogen and oxygen atoms in total. The lowest BCUT2D eigenvalue weighted by Crippen LogP contribution is -2.52. The molecule has 3 aromatic carbocycles. The first kappa shape index (κ1) is 32.1. The number of amides is 3. The quantitative estimate of drug-likeness (QED) is 0.340. The summed E-state index contributed by atoms with van der Waals surface area (Å²) in [5, 5.41) is 2.58. The minimum atomic E-state index is -3.97. The number of carbonyl (C=O) groups excluding carboxylic acids is 2. The number of anilines is 1. The van der Waals surface area contributed by atoms with Gasteiger partial charge in [-0.1, -0.05) is 48.0 Å². The minimum Gasteiger partial charge on any atom is -0.383 e. The number of piperidine rings is 1. The maximum absolute atomic E-state index is 13.9. The Morgan fingerprint density at radius 2 is 1.65 bits per heavy atom. The van der Waals surface area contributed by atoms with Crippen molar-refractivity contribution in [3.8, 4) is 0 Å². The van der Waals surface area contributed by atoms with Gasteiger partial charge in [-0.05, 0) is 49.6 Å². The second kappa shape index (κ2) is 14.5. The molecule has 0 unspecified atom stereocenters. The fourth-order valence-electron chi connectivity index (χ4n) is 4.93. The van der Waals surface area contributed by atoms with Crippen LogP contribution in [0.3, 0.4) is 0 Å². The van der Waals surface area contributed by atoms with Crippen LogP contribution in [-0.4, -0.2) is 80.4 Å². The third-order valence-corrected chi connectivity index (χ3v) is 9.25. The van der Waals surface area contributed by atoms with Crippen LogP contribution in [0.5, 0.6) is 0 Å². The van der Waals surface area contributed by atoms with Crippen molar-refractivity contribution in [3.05, 3.63) is 95.6 Å². The molecule has 230 valence electrons. The molecule has 1 N–H and O–H groups in total. The molecule has 1 aliphatic heterocycles. The van der Waals surface area contributed by atoms with Gasteiger partial charge in [0, 0.05) is 51.1 Å². The van der Waals surface area contributed by atoms with Crippen molar-refractivity contribution in [2.24, 2.45) is 0 Å². The number of rotatable bonds is 11. The van der Waals surface area contributed by atoms with Gasteiger partial charge in [-0.3, -0.25) is 4.79 Å². The summed E-state index contributed by atoms with van der Waals surface area (Å²) in [4.78, 5) is 30.1. The van der Waals surface area contributed by atoms with Gasteiger partial charge in [0.15, 0.2) is 11.6 Å². The molecule has 4 rings (SSSR count). The number of hydrogen-bond donors (Lipinski definition) is 1. The lowest BCUT2D eigenvalue weighted by Gasteiger charge is -2.39. The van der Waals surface area contributed by atoms with Crippen LogP contribution in [0, 0.1) is 18.6 Å². The Bertz CT molecular complexity index is 1500. The van der Waals surface area contributed by atoms with Crippen molar-refractivity contribution in [1.29, 1.82) is 0 Å². The number of likely N-dealkylation sites (tertiary alicyclic amines) is 1. The fraction of sp³-hybridized carbons (Fsp3) is 0.355. The monoisotopic (exact) mass is 614 g/mol. The van der Waals surface area contributed by atoms with Gasteiger partial charge >= 0.3 is 6.03 Å². The maximum atomic E-state index is 13.9. The van der Waals surface area contributed by atoms with Crippen LogP contribution in [0.15, 0.2) is 77.7 Å². The molecule has 1 aliphatic rings. The Morgan fingerprint density at radius 1 is 0.977 bits per heavy atom. The van der Waals surface area contributed by atoms with E-state index in [0.29, 0.717) is 25.9 Å². The van der Waals surface area contributed by atoms with Crippen molar-refractivity contribution in [2.75, 3.05) is 45.2 Å². The summed E-state index contributed by atoms with van der Waals surface area (Å²) < 4.78 is 60.1. The lowest BCUT2D eigenvalue weighted by molar-refractivity contribution is -0.135. The number of urea groups is 1. The fourth-order valence-corrected chi connectivity index (χ4v) is 6.32. The molecule has 0 saturated carbocycles. The van der Waals surface area contributed by atoms with Crippen molar-refractivity contribution in [3.63, 3.8) is 0 Å². The highest BCUT2D eigenvalue weighted by Crippen LogP contribution is 2.23. The number of nitrogens with one attached hydrogen (secondary N) is 1. The average Bonchev–Trinajstić information content (AvgIpc) is 3.01. The first-order valence-corrected chi connectivity index (χ1v) is 15.4. The van der Waals surface area contributed by atoms with E-state index in [1.807, 2.05) is 31.2 Å². The zero-order valence-electron chi connectivity index (χ0n) is 24.2. The van der Waals surface area contributed by atoms with Crippen molar-refractivity contribution in [2.45, 2.75) is 37.2 Å². The predicted octanol–water partition coefficient (Wildman–Crippen LogP) is 4.64. The minimum absolute atomic E-state index is 0.000431. The number of methoxy groups -OCH3 is 1. The predicted molar refractivity (Wildman–Crippen MR) is 159 cm³/mol. The number of benzene rings is 3. The van der Waals surface area contributed by atoms with Gasteiger partial charge in [-0.15, -0.1) is 0 Å². The number of nitrogens with zero attached hydrogens (tertiary/aromatic N) is 3. The molecule has 1 saturated heterocycles. The Hall–Kier alpha value is -3.87. The Morgan fingerprint density at radius 3 is 2.28 bits per heavy atom. The van der Waals surface area contributed by atoms with Crippen LogP contribution in [0.4, 0.5) is 19.3 Å². The first-order valence-electron chi connectivity index (χ1n) is 14.0. The van der Waals surface area contributed by atoms with E-state index in [1.165, 1.54) is 25.3 Å². The Balaban J connectivity index is 1.50. The molecule has 3 amide bonds. The number of sulfonamides is 1. The molecule has 0 aromatic heterocycles. The van der Waals surface area contributed by atoms with E-state index < -0.39 is 27.7 Å². The van der Waals surface area contributed by atoms with Crippen LogP contribution < -0.4 is 5.32 Å². The van der Waals surface area contributed by atoms with Gasteiger partial charge in [-0.25, -0.2) is 22.0 Å². The number of aryl methyl sites for hydroxylation is 1. The second-order valence-electron chi connectivity index (χ2n) is 10.4.